The van der Waals surface area contributed by atoms with Gasteiger partial charge in [-0.3, -0.25) is 4.98 Å². The predicted octanol–water partition coefficient (Wildman–Crippen LogP) is 3.14. The van der Waals surface area contributed by atoms with E-state index in [1.54, 1.807) is 37.5 Å². The molecule has 1 aromatic carbocycles. The summed E-state index contributed by atoms with van der Waals surface area (Å²) in [4.78, 5) is 11.5. The number of aromatic nitrogens is 4. The first-order valence-electron chi connectivity index (χ1n) is 8.58. The summed E-state index contributed by atoms with van der Waals surface area (Å²) in [5, 5.41) is 3.78. The van der Waals surface area contributed by atoms with E-state index in [1.807, 2.05) is 0 Å². The summed E-state index contributed by atoms with van der Waals surface area (Å²) in [5.74, 6) is -0.262. The molecule has 0 atom stereocenters. The summed E-state index contributed by atoms with van der Waals surface area (Å²) >= 11 is 0. The average molecular weight is 450 g/mol. The van der Waals surface area contributed by atoms with Gasteiger partial charge in [0.15, 0.2) is 5.82 Å². The SMILES string of the molecule is CNCc1cn(S(=O)(=O)c2cccnc2)c2cc(Oc3ncc(F)cn3)ccc12.Cl. The highest BCUT2D eigenvalue weighted by atomic mass is 35.5. The number of fused-ring (bicyclic) bond motifs is 1. The first kappa shape index (κ1) is 21.6. The fraction of sp³-hybridized carbons (Fsp3) is 0.105. The summed E-state index contributed by atoms with van der Waals surface area (Å²) in [6, 6.07) is 8.02. The van der Waals surface area contributed by atoms with Crippen LogP contribution in [0.3, 0.4) is 0 Å². The van der Waals surface area contributed by atoms with Crippen LogP contribution in [0.25, 0.3) is 10.9 Å². The zero-order chi connectivity index (χ0) is 20.4. The van der Waals surface area contributed by atoms with E-state index in [2.05, 4.69) is 20.3 Å². The molecule has 0 bridgehead atoms. The maximum Gasteiger partial charge on any atom is 0.322 e. The molecule has 0 aliphatic rings. The number of nitrogens with zero attached hydrogens (tertiary/aromatic N) is 4. The Balaban J connectivity index is 0.00000256. The van der Waals surface area contributed by atoms with Crippen LogP contribution >= 0.6 is 12.4 Å². The van der Waals surface area contributed by atoms with Gasteiger partial charge in [-0.1, -0.05) is 0 Å². The Morgan fingerprint density at radius 3 is 2.60 bits per heavy atom. The second-order valence-electron chi connectivity index (χ2n) is 6.14. The minimum absolute atomic E-state index is 0. The Bertz CT molecular complexity index is 1260. The molecule has 0 radical (unpaired) electrons. The lowest BCUT2D eigenvalue weighted by Gasteiger charge is -2.08. The molecule has 0 saturated carbocycles. The highest BCUT2D eigenvalue weighted by molar-refractivity contribution is 7.90. The van der Waals surface area contributed by atoms with Gasteiger partial charge >= 0.3 is 6.01 Å². The van der Waals surface area contributed by atoms with Gasteiger partial charge in [0, 0.05) is 36.6 Å². The van der Waals surface area contributed by atoms with Crippen LogP contribution in [-0.4, -0.2) is 34.4 Å². The minimum atomic E-state index is -3.87. The fourth-order valence-electron chi connectivity index (χ4n) is 2.91. The molecule has 0 amide bonds. The lowest BCUT2D eigenvalue weighted by molar-refractivity contribution is 0.436. The van der Waals surface area contributed by atoms with Crippen LogP contribution < -0.4 is 10.1 Å². The molecule has 8 nitrogen and oxygen atoms in total. The van der Waals surface area contributed by atoms with Crippen LogP contribution in [0.15, 0.2) is 66.2 Å². The van der Waals surface area contributed by atoms with Crippen molar-refractivity contribution in [3.8, 4) is 11.8 Å². The van der Waals surface area contributed by atoms with Crippen molar-refractivity contribution in [1.29, 1.82) is 0 Å². The number of benzene rings is 1. The number of nitrogens with one attached hydrogen (secondary N) is 1. The third-order valence-corrected chi connectivity index (χ3v) is 5.85. The lowest BCUT2D eigenvalue weighted by Crippen LogP contribution is -2.12. The molecule has 30 heavy (non-hydrogen) atoms. The van der Waals surface area contributed by atoms with Crippen LogP contribution in [0.1, 0.15) is 5.56 Å². The van der Waals surface area contributed by atoms with E-state index >= 15 is 0 Å². The normalized spacial score (nSPS) is 11.3. The Morgan fingerprint density at radius 1 is 1.17 bits per heavy atom. The number of rotatable bonds is 6. The first-order chi connectivity index (χ1) is 14.0. The molecule has 3 aromatic heterocycles. The van der Waals surface area contributed by atoms with E-state index < -0.39 is 15.8 Å². The zero-order valence-electron chi connectivity index (χ0n) is 15.7. The summed E-state index contributed by atoms with van der Waals surface area (Å²) in [6.07, 6.45) is 6.35. The van der Waals surface area contributed by atoms with Crippen LogP contribution in [0.4, 0.5) is 4.39 Å². The summed E-state index contributed by atoms with van der Waals surface area (Å²) in [6.45, 7) is 0.480. The predicted molar refractivity (Wildman–Crippen MR) is 111 cm³/mol. The maximum atomic E-state index is 13.2. The number of pyridine rings is 1. The van der Waals surface area contributed by atoms with Gasteiger partial charge in [0.25, 0.3) is 10.0 Å². The molecule has 0 aliphatic heterocycles. The smallest absolute Gasteiger partial charge is 0.322 e. The second-order valence-corrected chi connectivity index (χ2v) is 7.95. The highest BCUT2D eigenvalue weighted by Crippen LogP contribution is 2.30. The van der Waals surface area contributed by atoms with Crippen LogP contribution in [-0.2, 0) is 16.6 Å². The van der Waals surface area contributed by atoms with E-state index in [0.29, 0.717) is 17.8 Å². The fourth-order valence-corrected chi connectivity index (χ4v) is 4.26. The largest absolute Gasteiger partial charge is 0.424 e. The zero-order valence-corrected chi connectivity index (χ0v) is 17.3. The minimum Gasteiger partial charge on any atom is -0.424 e. The van der Waals surface area contributed by atoms with Crippen molar-refractivity contribution in [3.05, 3.63) is 72.7 Å². The van der Waals surface area contributed by atoms with E-state index in [4.69, 9.17) is 4.74 Å². The van der Waals surface area contributed by atoms with Crippen LogP contribution in [0, 0.1) is 5.82 Å². The van der Waals surface area contributed by atoms with Gasteiger partial charge < -0.3 is 10.1 Å². The first-order valence-corrected chi connectivity index (χ1v) is 10.0. The van der Waals surface area contributed by atoms with Crippen molar-refractivity contribution in [2.24, 2.45) is 0 Å². The van der Waals surface area contributed by atoms with Crippen LogP contribution in [0.2, 0.25) is 0 Å². The van der Waals surface area contributed by atoms with Gasteiger partial charge in [-0.15, -0.1) is 12.4 Å². The Labute approximate surface area is 178 Å². The molecule has 11 heteroatoms. The monoisotopic (exact) mass is 449 g/mol. The van der Waals surface area contributed by atoms with Gasteiger partial charge in [0.05, 0.1) is 17.9 Å². The van der Waals surface area contributed by atoms with Crippen molar-refractivity contribution < 1.29 is 17.5 Å². The average Bonchev–Trinajstić information content (AvgIpc) is 3.09. The molecule has 0 aliphatic carbocycles. The Kier molecular flexibility index (Phi) is 6.30. The molecule has 4 rings (SSSR count). The van der Waals surface area contributed by atoms with Crippen molar-refractivity contribution in [3.63, 3.8) is 0 Å². The summed E-state index contributed by atoms with van der Waals surface area (Å²) in [7, 11) is -2.09. The number of ether oxygens (including phenoxy) is 1. The molecular formula is C19H17ClFN5O3S. The number of hydrogen-bond donors (Lipinski definition) is 1. The lowest BCUT2D eigenvalue weighted by atomic mass is 10.1. The van der Waals surface area contributed by atoms with Crippen molar-refractivity contribution in [2.45, 2.75) is 11.4 Å². The molecule has 0 saturated heterocycles. The summed E-state index contributed by atoms with van der Waals surface area (Å²) < 4.78 is 46.1. The molecule has 0 unspecified atom stereocenters. The summed E-state index contributed by atoms with van der Waals surface area (Å²) in [5.41, 5.74) is 1.23. The molecule has 4 aromatic rings. The van der Waals surface area contributed by atoms with Crippen LogP contribution in [0.5, 0.6) is 11.8 Å². The Hall–Kier alpha value is -3.08. The molecule has 0 spiro atoms. The molecule has 156 valence electrons. The number of hydrogen-bond acceptors (Lipinski definition) is 7. The van der Waals surface area contributed by atoms with E-state index in [9.17, 15) is 12.8 Å². The van der Waals surface area contributed by atoms with Gasteiger partial charge in [-0.05, 0) is 36.9 Å². The van der Waals surface area contributed by atoms with Gasteiger partial charge in [-0.2, -0.15) is 0 Å². The maximum absolute atomic E-state index is 13.2. The van der Waals surface area contributed by atoms with Crippen molar-refractivity contribution in [1.82, 2.24) is 24.2 Å². The third-order valence-electron chi connectivity index (χ3n) is 4.19. The standard InChI is InChI=1S/C19H16FN5O3S.ClH/c1-21-8-13-12-25(29(26,27)16-3-2-6-22-11-16)18-7-15(4-5-17(13)18)28-19-23-9-14(20)10-24-19;/h2-7,9-12,21H,8H2,1H3;1H. The molecular weight excluding hydrogens is 433 g/mol. The van der Waals surface area contributed by atoms with E-state index in [1.165, 1.54) is 22.4 Å². The quantitative estimate of drug-likeness (QED) is 0.482. The van der Waals surface area contributed by atoms with Gasteiger partial charge in [-0.25, -0.2) is 26.7 Å². The van der Waals surface area contributed by atoms with Gasteiger partial charge in [0.1, 0.15) is 10.6 Å². The molecule has 1 N–H and O–H groups in total. The Morgan fingerprint density at radius 2 is 1.93 bits per heavy atom. The second kappa shape index (κ2) is 8.74. The van der Waals surface area contributed by atoms with E-state index in [-0.39, 0.29) is 23.3 Å². The molecule has 0 fully saturated rings. The van der Waals surface area contributed by atoms with E-state index in [0.717, 1.165) is 23.3 Å². The topological polar surface area (TPSA) is 99.0 Å². The van der Waals surface area contributed by atoms with Gasteiger partial charge in [0.2, 0.25) is 0 Å². The molecule has 3 heterocycles. The highest BCUT2D eigenvalue weighted by Gasteiger charge is 2.22. The van der Waals surface area contributed by atoms with Crippen molar-refractivity contribution >= 4 is 33.3 Å². The van der Waals surface area contributed by atoms with Crippen molar-refractivity contribution in [2.75, 3.05) is 7.05 Å². The number of halogens is 2. The third kappa shape index (κ3) is 4.11.